The Morgan fingerprint density at radius 1 is 0.816 bits per heavy atom. The second-order valence-corrected chi connectivity index (χ2v) is 11.3. The van der Waals surface area contributed by atoms with E-state index in [2.05, 4.69) is 18.2 Å². The molecule has 212 valence electrons. The number of unbranched alkanes of at least 4 members (excludes halogenated alkanes) is 6. The van der Waals surface area contributed by atoms with Gasteiger partial charge in [0.15, 0.2) is 13.6 Å². The molecule has 2 aromatic carbocycles. The zero-order valence-corrected chi connectivity index (χ0v) is 23.7. The van der Waals surface area contributed by atoms with Crippen molar-refractivity contribution in [2.75, 3.05) is 47.3 Å². The van der Waals surface area contributed by atoms with Crippen LogP contribution in [0, 0.1) is 0 Å². The molecule has 3 rings (SSSR count). The summed E-state index contributed by atoms with van der Waals surface area (Å²) in [6.45, 7) is 1.32. The van der Waals surface area contributed by atoms with Crippen LogP contribution in [0.4, 0.5) is 0 Å². The van der Waals surface area contributed by atoms with Gasteiger partial charge in [0.25, 0.3) is 10.1 Å². The first-order valence-corrected chi connectivity index (χ1v) is 15.2. The Morgan fingerprint density at radius 3 is 2.08 bits per heavy atom. The third kappa shape index (κ3) is 10.1. The first-order valence-electron chi connectivity index (χ1n) is 13.4. The monoisotopic (exact) mass is 550 g/mol. The van der Waals surface area contributed by atoms with Crippen LogP contribution in [0.25, 0.3) is 0 Å². The van der Waals surface area contributed by atoms with E-state index < -0.39 is 10.1 Å². The number of ether oxygens (including phenoxy) is 5. The predicted molar refractivity (Wildman–Crippen MR) is 147 cm³/mol. The van der Waals surface area contributed by atoms with E-state index in [1.165, 1.54) is 17.5 Å². The van der Waals surface area contributed by atoms with Crippen LogP contribution >= 0.6 is 0 Å². The molecule has 2 aromatic rings. The van der Waals surface area contributed by atoms with Crippen LogP contribution in [-0.4, -0.2) is 55.7 Å². The van der Waals surface area contributed by atoms with Gasteiger partial charge in [-0.2, -0.15) is 8.42 Å². The van der Waals surface area contributed by atoms with E-state index in [4.69, 9.17) is 27.9 Å². The molecule has 0 spiro atoms. The number of rotatable bonds is 18. The second kappa shape index (κ2) is 15.9. The van der Waals surface area contributed by atoms with Gasteiger partial charge in [-0.05, 0) is 48.1 Å². The molecule has 0 amide bonds. The zero-order valence-electron chi connectivity index (χ0n) is 22.9. The summed E-state index contributed by atoms with van der Waals surface area (Å²) in [6.07, 6.45) is 9.64. The first-order chi connectivity index (χ1) is 18.4. The van der Waals surface area contributed by atoms with E-state index in [-0.39, 0.29) is 26.1 Å². The van der Waals surface area contributed by atoms with Gasteiger partial charge in [0.1, 0.15) is 17.2 Å². The molecule has 38 heavy (non-hydrogen) atoms. The van der Waals surface area contributed by atoms with Crippen molar-refractivity contribution < 1.29 is 36.3 Å². The van der Waals surface area contributed by atoms with Crippen molar-refractivity contribution in [2.24, 2.45) is 0 Å². The molecule has 1 aliphatic heterocycles. The zero-order chi connectivity index (χ0) is 27.2. The highest BCUT2D eigenvalue weighted by Gasteiger charge is 2.32. The highest BCUT2D eigenvalue weighted by Crippen LogP contribution is 2.46. The van der Waals surface area contributed by atoms with Crippen LogP contribution in [0.1, 0.15) is 74.3 Å². The lowest BCUT2D eigenvalue weighted by atomic mass is 9.77. The van der Waals surface area contributed by atoms with Crippen LogP contribution in [0.2, 0.25) is 0 Å². The van der Waals surface area contributed by atoms with Crippen molar-refractivity contribution >= 4 is 10.1 Å². The minimum atomic E-state index is -3.33. The summed E-state index contributed by atoms with van der Waals surface area (Å²) in [5, 5.41) is 0. The lowest BCUT2D eigenvalue weighted by Gasteiger charge is -2.34. The standard InChI is InChI=1S/C29H42O8S/c1-32-21-35-24-14-12-23(13-15-24)28-20-34-29-19-25(36-22-33-2)16-17-27(29)26(28)11-9-7-5-4-6-8-10-18-37-38(3,30)31/h12-17,19,26,28H,4-11,18,20-22H2,1-3H3/t26-,28-/m1/s1. The predicted octanol–water partition coefficient (Wildman–Crippen LogP) is 6.01. The molecule has 0 aromatic heterocycles. The highest BCUT2D eigenvalue weighted by atomic mass is 32.2. The van der Waals surface area contributed by atoms with E-state index >= 15 is 0 Å². The lowest BCUT2D eigenvalue weighted by Crippen LogP contribution is -2.24. The molecule has 0 saturated carbocycles. The van der Waals surface area contributed by atoms with Gasteiger partial charge in [-0.15, -0.1) is 0 Å². The van der Waals surface area contributed by atoms with Crippen LogP contribution in [0.15, 0.2) is 42.5 Å². The van der Waals surface area contributed by atoms with Gasteiger partial charge in [-0.25, -0.2) is 0 Å². The SMILES string of the molecule is COCOc1ccc([C@H]2COc3cc(OCOC)ccc3[C@H]2CCCCCCCCCOS(C)(=O)=O)cc1. The van der Waals surface area contributed by atoms with Gasteiger partial charge in [0, 0.05) is 26.2 Å². The normalized spacial score (nSPS) is 17.0. The minimum Gasteiger partial charge on any atom is -0.492 e. The smallest absolute Gasteiger partial charge is 0.264 e. The minimum absolute atomic E-state index is 0.201. The summed E-state index contributed by atoms with van der Waals surface area (Å²) >= 11 is 0. The third-order valence-corrected chi connectivity index (χ3v) is 7.34. The molecule has 8 nitrogen and oxygen atoms in total. The summed E-state index contributed by atoms with van der Waals surface area (Å²) in [4.78, 5) is 0. The van der Waals surface area contributed by atoms with Crippen LogP contribution in [0.3, 0.4) is 0 Å². The summed E-state index contributed by atoms with van der Waals surface area (Å²) < 4.78 is 54.3. The fourth-order valence-corrected chi connectivity index (χ4v) is 5.28. The fraction of sp³-hybridized carbons (Fsp3) is 0.586. The van der Waals surface area contributed by atoms with Crippen molar-refractivity contribution in [1.82, 2.24) is 0 Å². The summed E-state index contributed by atoms with van der Waals surface area (Å²) in [5.74, 6) is 3.00. The maximum Gasteiger partial charge on any atom is 0.264 e. The second-order valence-electron chi connectivity index (χ2n) is 9.68. The molecule has 0 saturated heterocycles. The van der Waals surface area contributed by atoms with Crippen molar-refractivity contribution in [3.05, 3.63) is 53.6 Å². The Labute approximate surface area is 227 Å². The molecule has 2 atom stereocenters. The molecule has 0 fully saturated rings. The topological polar surface area (TPSA) is 89.5 Å². The molecular formula is C29H42O8S. The molecule has 0 aliphatic carbocycles. The van der Waals surface area contributed by atoms with Gasteiger partial charge in [-0.1, -0.05) is 56.7 Å². The molecule has 0 N–H and O–H groups in total. The largest absolute Gasteiger partial charge is 0.492 e. The average Bonchev–Trinajstić information content (AvgIpc) is 2.91. The van der Waals surface area contributed by atoms with Crippen molar-refractivity contribution in [3.63, 3.8) is 0 Å². The van der Waals surface area contributed by atoms with E-state index in [9.17, 15) is 8.42 Å². The maximum atomic E-state index is 11.0. The Kier molecular flexibility index (Phi) is 12.7. The highest BCUT2D eigenvalue weighted by molar-refractivity contribution is 7.85. The van der Waals surface area contributed by atoms with Crippen LogP contribution < -0.4 is 14.2 Å². The molecule has 1 heterocycles. The molecule has 0 bridgehead atoms. The van der Waals surface area contributed by atoms with E-state index in [0.29, 0.717) is 12.5 Å². The number of methoxy groups -OCH3 is 2. The van der Waals surface area contributed by atoms with Gasteiger partial charge in [0.05, 0.1) is 19.5 Å². The summed E-state index contributed by atoms with van der Waals surface area (Å²) in [6, 6.07) is 14.3. The number of hydrogen-bond donors (Lipinski definition) is 0. The molecule has 1 aliphatic rings. The molecule has 0 radical (unpaired) electrons. The molecule has 9 heteroatoms. The fourth-order valence-electron chi connectivity index (χ4n) is 4.86. The summed E-state index contributed by atoms with van der Waals surface area (Å²) in [7, 11) is -0.116. The van der Waals surface area contributed by atoms with Gasteiger partial charge in [0.2, 0.25) is 0 Å². The van der Waals surface area contributed by atoms with Gasteiger partial charge in [-0.3, -0.25) is 4.18 Å². The number of fused-ring (bicyclic) bond motifs is 1. The lowest BCUT2D eigenvalue weighted by molar-refractivity contribution is 0.0506. The van der Waals surface area contributed by atoms with Crippen LogP contribution in [0.5, 0.6) is 17.2 Å². The van der Waals surface area contributed by atoms with Gasteiger partial charge >= 0.3 is 0 Å². The Hall–Kier alpha value is -2.33. The summed E-state index contributed by atoms with van der Waals surface area (Å²) in [5.41, 5.74) is 2.46. The van der Waals surface area contributed by atoms with E-state index in [0.717, 1.165) is 68.5 Å². The van der Waals surface area contributed by atoms with Crippen molar-refractivity contribution in [2.45, 2.75) is 63.2 Å². The van der Waals surface area contributed by atoms with Crippen molar-refractivity contribution in [3.8, 4) is 17.2 Å². The quantitative estimate of drug-likeness (QED) is 0.127. The van der Waals surface area contributed by atoms with Gasteiger partial charge < -0.3 is 23.7 Å². The van der Waals surface area contributed by atoms with Crippen LogP contribution in [-0.2, 0) is 23.8 Å². The third-order valence-electron chi connectivity index (χ3n) is 6.74. The Bertz CT molecular complexity index is 1050. The van der Waals surface area contributed by atoms with E-state index in [1.54, 1.807) is 14.2 Å². The Morgan fingerprint density at radius 2 is 1.42 bits per heavy atom. The molecular weight excluding hydrogens is 508 g/mol. The first kappa shape index (κ1) is 30.2. The Balaban J connectivity index is 1.56. The average molecular weight is 551 g/mol. The molecule has 0 unspecified atom stereocenters. The number of hydrogen-bond acceptors (Lipinski definition) is 8. The van der Waals surface area contributed by atoms with Crippen molar-refractivity contribution in [1.29, 1.82) is 0 Å². The maximum absolute atomic E-state index is 11.0. The number of benzene rings is 2. The van der Waals surface area contributed by atoms with E-state index in [1.807, 2.05) is 24.3 Å².